The van der Waals surface area contributed by atoms with E-state index in [2.05, 4.69) is 32.9 Å². The number of hydrogen-bond donors (Lipinski definition) is 1. The van der Waals surface area contributed by atoms with E-state index in [9.17, 15) is 4.79 Å². The number of pyridine rings is 1. The summed E-state index contributed by atoms with van der Waals surface area (Å²) in [5.74, 6) is -0.114. The first-order valence-corrected chi connectivity index (χ1v) is 6.22. The van der Waals surface area contributed by atoms with Crippen molar-refractivity contribution in [3.05, 3.63) is 57.4 Å². The molecule has 0 unspecified atom stereocenters. The lowest BCUT2D eigenvalue weighted by molar-refractivity contribution is 0.102. The van der Waals surface area contributed by atoms with Crippen LogP contribution >= 0.6 is 22.6 Å². The topological polar surface area (TPSA) is 42.0 Å². The van der Waals surface area contributed by atoms with Gasteiger partial charge in [-0.1, -0.05) is 0 Å². The number of hydrogen-bond acceptors (Lipinski definition) is 2. The second-order valence-corrected chi connectivity index (χ2v) is 4.89. The zero-order valence-electron chi connectivity index (χ0n) is 9.27. The second kappa shape index (κ2) is 5.27. The minimum Gasteiger partial charge on any atom is -0.322 e. The lowest BCUT2D eigenvalue weighted by atomic mass is 10.2. The Hall–Kier alpha value is -1.43. The highest BCUT2D eigenvalue weighted by atomic mass is 127. The van der Waals surface area contributed by atoms with Gasteiger partial charge in [-0.2, -0.15) is 0 Å². The number of aryl methyl sites for hydroxylation is 1. The summed E-state index contributed by atoms with van der Waals surface area (Å²) in [6.45, 7) is 1.98. The molecule has 0 aliphatic heterocycles. The molecule has 0 bridgehead atoms. The maximum Gasteiger partial charge on any atom is 0.255 e. The Morgan fingerprint density at radius 3 is 2.59 bits per heavy atom. The number of halogens is 1. The van der Waals surface area contributed by atoms with Crippen LogP contribution in [0, 0.1) is 10.5 Å². The first-order chi connectivity index (χ1) is 8.16. The van der Waals surface area contributed by atoms with Crippen molar-refractivity contribution in [1.82, 2.24) is 4.98 Å². The molecule has 2 rings (SSSR count). The molecule has 0 saturated carbocycles. The summed E-state index contributed by atoms with van der Waals surface area (Å²) in [6.07, 6.45) is 3.21. The first-order valence-electron chi connectivity index (χ1n) is 5.14. The van der Waals surface area contributed by atoms with Gasteiger partial charge in [-0.05, 0) is 65.4 Å². The molecule has 2 aromatic rings. The highest BCUT2D eigenvalue weighted by molar-refractivity contribution is 14.1. The number of rotatable bonds is 2. The molecule has 0 radical (unpaired) electrons. The van der Waals surface area contributed by atoms with Gasteiger partial charge in [0, 0.05) is 27.2 Å². The largest absolute Gasteiger partial charge is 0.322 e. The summed E-state index contributed by atoms with van der Waals surface area (Å²) in [7, 11) is 0. The molecule has 0 aliphatic carbocycles. The maximum atomic E-state index is 11.9. The number of carbonyl (C=O) groups is 1. The van der Waals surface area contributed by atoms with Crippen molar-refractivity contribution < 1.29 is 4.79 Å². The molecule has 0 spiro atoms. The van der Waals surface area contributed by atoms with Gasteiger partial charge >= 0.3 is 0 Å². The average molecular weight is 338 g/mol. The molecule has 1 amide bonds. The lowest BCUT2D eigenvalue weighted by Crippen LogP contribution is -2.12. The molecule has 17 heavy (non-hydrogen) atoms. The van der Waals surface area contributed by atoms with Crippen LogP contribution in [0.15, 0.2) is 42.7 Å². The van der Waals surface area contributed by atoms with Gasteiger partial charge in [0.05, 0.1) is 0 Å². The smallest absolute Gasteiger partial charge is 0.255 e. The standard InChI is InChI=1S/C13H11IN2O/c1-9-8-11(14)2-3-12(9)16-13(17)10-4-6-15-7-5-10/h2-8H,1H3,(H,16,17). The highest BCUT2D eigenvalue weighted by Crippen LogP contribution is 2.18. The molecule has 0 saturated heterocycles. The number of carbonyl (C=O) groups excluding carboxylic acids is 1. The van der Waals surface area contributed by atoms with E-state index in [4.69, 9.17) is 0 Å². The maximum absolute atomic E-state index is 11.9. The number of nitrogens with zero attached hydrogens (tertiary/aromatic N) is 1. The molecule has 1 N–H and O–H groups in total. The molecule has 1 aromatic carbocycles. The Morgan fingerprint density at radius 1 is 1.24 bits per heavy atom. The van der Waals surface area contributed by atoms with Gasteiger partial charge in [-0.3, -0.25) is 9.78 Å². The monoisotopic (exact) mass is 338 g/mol. The van der Waals surface area contributed by atoms with Gasteiger partial charge in [-0.25, -0.2) is 0 Å². The van der Waals surface area contributed by atoms with Crippen LogP contribution in [0.2, 0.25) is 0 Å². The molecule has 1 heterocycles. The molecular formula is C13H11IN2O. The zero-order valence-corrected chi connectivity index (χ0v) is 11.4. The van der Waals surface area contributed by atoms with Crippen LogP contribution in [0.1, 0.15) is 15.9 Å². The van der Waals surface area contributed by atoms with E-state index < -0.39 is 0 Å². The number of amides is 1. The van der Waals surface area contributed by atoms with Crippen molar-refractivity contribution in [3.8, 4) is 0 Å². The number of aromatic nitrogens is 1. The second-order valence-electron chi connectivity index (χ2n) is 3.65. The third-order valence-corrected chi connectivity index (χ3v) is 3.05. The van der Waals surface area contributed by atoms with Crippen LogP contribution in [-0.2, 0) is 0 Å². The molecular weight excluding hydrogens is 327 g/mol. The molecule has 3 nitrogen and oxygen atoms in total. The Kier molecular flexibility index (Phi) is 3.73. The average Bonchev–Trinajstić information content (AvgIpc) is 2.34. The minimum absolute atomic E-state index is 0.114. The number of benzene rings is 1. The van der Waals surface area contributed by atoms with Crippen LogP contribution in [0.25, 0.3) is 0 Å². The normalized spacial score (nSPS) is 10.0. The van der Waals surface area contributed by atoms with Crippen LogP contribution in [0.4, 0.5) is 5.69 Å². The van der Waals surface area contributed by atoms with E-state index in [1.165, 1.54) is 0 Å². The van der Waals surface area contributed by atoms with Crippen molar-refractivity contribution in [1.29, 1.82) is 0 Å². The molecule has 0 atom stereocenters. The third kappa shape index (κ3) is 3.03. The van der Waals surface area contributed by atoms with E-state index in [0.717, 1.165) is 14.8 Å². The molecule has 0 fully saturated rings. The fraction of sp³-hybridized carbons (Fsp3) is 0.0769. The van der Waals surface area contributed by atoms with Crippen molar-refractivity contribution in [2.45, 2.75) is 6.92 Å². The highest BCUT2D eigenvalue weighted by Gasteiger charge is 2.06. The van der Waals surface area contributed by atoms with Crippen LogP contribution < -0.4 is 5.32 Å². The van der Waals surface area contributed by atoms with E-state index in [0.29, 0.717) is 5.56 Å². The van der Waals surface area contributed by atoms with Gasteiger partial charge in [0.25, 0.3) is 5.91 Å². The van der Waals surface area contributed by atoms with Gasteiger partial charge in [-0.15, -0.1) is 0 Å². The van der Waals surface area contributed by atoms with Crippen LogP contribution in [0.3, 0.4) is 0 Å². The third-order valence-electron chi connectivity index (χ3n) is 2.38. The van der Waals surface area contributed by atoms with Crippen LogP contribution in [0.5, 0.6) is 0 Å². The van der Waals surface area contributed by atoms with E-state index in [-0.39, 0.29) is 5.91 Å². The van der Waals surface area contributed by atoms with Crippen molar-refractivity contribution in [2.75, 3.05) is 5.32 Å². The first kappa shape index (κ1) is 12.0. The quantitative estimate of drug-likeness (QED) is 0.854. The molecule has 4 heteroatoms. The Labute approximate surface area is 113 Å². The minimum atomic E-state index is -0.114. The van der Waals surface area contributed by atoms with Gasteiger partial charge < -0.3 is 5.32 Å². The van der Waals surface area contributed by atoms with Crippen molar-refractivity contribution in [3.63, 3.8) is 0 Å². The lowest BCUT2D eigenvalue weighted by Gasteiger charge is -2.08. The van der Waals surface area contributed by atoms with E-state index >= 15 is 0 Å². The zero-order chi connectivity index (χ0) is 12.3. The summed E-state index contributed by atoms with van der Waals surface area (Å²) < 4.78 is 1.15. The molecule has 86 valence electrons. The summed E-state index contributed by atoms with van der Waals surface area (Å²) in [5, 5.41) is 2.88. The van der Waals surface area contributed by atoms with Crippen LogP contribution in [-0.4, -0.2) is 10.9 Å². The van der Waals surface area contributed by atoms with Crippen molar-refractivity contribution >= 4 is 34.2 Å². The summed E-state index contributed by atoms with van der Waals surface area (Å²) in [4.78, 5) is 15.8. The Balaban J connectivity index is 2.19. The molecule has 1 aromatic heterocycles. The fourth-order valence-corrected chi connectivity index (χ4v) is 2.11. The Morgan fingerprint density at radius 2 is 1.94 bits per heavy atom. The predicted octanol–water partition coefficient (Wildman–Crippen LogP) is 3.25. The van der Waals surface area contributed by atoms with Gasteiger partial charge in [0.1, 0.15) is 0 Å². The number of nitrogens with one attached hydrogen (secondary N) is 1. The summed E-state index contributed by atoms with van der Waals surface area (Å²) >= 11 is 2.25. The van der Waals surface area contributed by atoms with Crippen molar-refractivity contribution in [2.24, 2.45) is 0 Å². The predicted molar refractivity (Wildman–Crippen MR) is 76.1 cm³/mol. The number of anilines is 1. The van der Waals surface area contributed by atoms with E-state index in [1.807, 2.05) is 25.1 Å². The summed E-state index contributed by atoms with van der Waals surface area (Å²) in [5.41, 5.74) is 2.50. The summed E-state index contributed by atoms with van der Waals surface area (Å²) in [6, 6.07) is 9.30. The Bertz CT molecular complexity index is 540. The van der Waals surface area contributed by atoms with E-state index in [1.54, 1.807) is 24.5 Å². The van der Waals surface area contributed by atoms with Gasteiger partial charge in [0.15, 0.2) is 0 Å². The SMILES string of the molecule is Cc1cc(I)ccc1NC(=O)c1ccncc1. The van der Waals surface area contributed by atoms with Gasteiger partial charge in [0.2, 0.25) is 0 Å². The molecule has 0 aliphatic rings. The fourth-order valence-electron chi connectivity index (χ4n) is 1.47.